The summed E-state index contributed by atoms with van der Waals surface area (Å²) in [5, 5.41) is 0. The van der Waals surface area contributed by atoms with E-state index in [1.165, 1.54) is 24.5 Å². The van der Waals surface area contributed by atoms with Crippen LogP contribution in [0.1, 0.15) is 47.9 Å². The van der Waals surface area contributed by atoms with Gasteiger partial charge in [0.2, 0.25) is 0 Å². The topological polar surface area (TPSA) is 40.2 Å². The van der Waals surface area contributed by atoms with Crippen molar-refractivity contribution in [1.29, 1.82) is 0 Å². The van der Waals surface area contributed by atoms with Crippen LogP contribution < -0.4 is 14.2 Å². The number of nitrogens with zero attached hydrogens (tertiary/aromatic N) is 1. The van der Waals surface area contributed by atoms with Crippen LogP contribution in [0, 0.1) is 5.82 Å². The van der Waals surface area contributed by atoms with Crippen molar-refractivity contribution >= 4 is 0 Å². The van der Waals surface area contributed by atoms with Crippen molar-refractivity contribution in [3.05, 3.63) is 88.7 Å². The van der Waals surface area contributed by atoms with Gasteiger partial charge in [0.1, 0.15) is 18.2 Å². The molecule has 2 aliphatic rings. The van der Waals surface area contributed by atoms with E-state index in [2.05, 4.69) is 35.2 Å². The molecule has 0 saturated heterocycles. The molecular formula is C31H36FNO4. The summed E-state index contributed by atoms with van der Waals surface area (Å²) in [5.41, 5.74) is 4.30. The molecule has 2 bridgehead atoms. The molecule has 1 heterocycles. The second-order valence-electron chi connectivity index (χ2n) is 9.89. The zero-order chi connectivity index (χ0) is 25.5. The smallest absolute Gasteiger partial charge is 0.166 e. The van der Waals surface area contributed by atoms with Gasteiger partial charge in [0.05, 0.1) is 26.4 Å². The van der Waals surface area contributed by atoms with Crippen LogP contribution in [-0.2, 0) is 24.2 Å². The molecule has 0 atom stereocenters. The average molecular weight is 506 g/mol. The number of hydrogen-bond donors (Lipinski definition) is 0. The SMILES string of the molecule is COc1cccc(CN2CCOCCOc3ccc(F)cc3Cc3cccc(c3)C2)c1OC1CCCC1. The van der Waals surface area contributed by atoms with Gasteiger partial charge in [-0.25, -0.2) is 4.39 Å². The van der Waals surface area contributed by atoms with Crippen LogP contribution in [0.5, 0.6) is 17.2 Å². The second kappa shape index (κ2) is 12.4. The molecule has 5 nitrogen and oxygen atoms in total. The number of ether oxygens (including phenoxy) is 4. The molecule has 1 aliphatic heterocycles. The summed E-state index contributed by atoms with van der Waals surface area (Å²) in [4.78, 5) is 2.38. The molecule has 0 radical (unpaired) electrons. The first kappa shape index (κ1) is 25.6. The van der Waals surface area contributed by atoms with Gasteiger partial charge in [-0.05, 0) is 61.1 Å². The van der Waals surface area contributed by atoms with Gasteiger partial charge < -0.3 is 18.9 Å². The highest BCUT2D eigenvalue weighted by molar-refractivity contribution is 5.47. The third-order valence-corrected chi connectivity index (χ3v) is 7.11. The maximum Gasteiger partial charge on any atom is 0.166 e. The first-order chi connectivity index (χ1) is 18.2. The van der Waals surface area contributed by atoms with E-state index in [0.29, 0.717) is 32.0 Å². The minimum atomic E-state index is -0.254. The average Bonchev–Trinajstić information content (AvgIpc) is 3.41. The van der Waals surface area contributed by atoms with Gasteiger partial charge in [0, 0.05) is 37.2 Å². The van der Waals surface area contributed by atoms with E-state index in [-0.39, 0.29) is 11.9 Å². The minimum absolute atomic E-state index is 0.252. The highest BCUT2D eigenvalue weighted by Gasteiger charge is 2.22. The summed E-state index contributed by atoms with van der Waals surface area (Å²) >= 11 is 0. The second-order valence-corrected chi connectivity index (χ2v) is 9.89. The van der Waals surface area contributed by atoms with Gasteiger partial charge >= 0.3 is 0 Å². The Morgan fingerprint density at radius 2 is 1.78 bits per heavy atom. The van der Waals surface area contributed by atoms with Crippen molar-refractivity contribution < 1.29 is 23.3 Å². The molecule has 1 fully saturated rings. The summed E-state index contributed by atoms with van der Waals surface area (Å²) < 4.78 is 38.1. The number of hydrogen-bond acceptors (Lipinski definition) is 5. The molecule has 5 rings (SSSR count). The van der Waals surface area contributed by atoms with Crippen LogP contribution >= 0.6 is 0 Å². The van der Waals surface area contributed by atoms with E-state index in [9.17, 15) is 4.39 Å². The number of benzene rings is 3. The molecule has 3 aromatic rings. The molecule has 37 heavy (non-hydrogen) atoms. The van der Waals surface area contributed by atoms with E-state index < -0.39 is 0 Å². The van der Waals surface area contributed by atoms with E-state index in [4.69, 9.17) is 18.9 Å². The van der Waals surface area contributed by atoms with Crippen LogP contribution in [0.15, 0.2) is 60.7 Å². The van der Waals surface area contributed by atoms with Crippen molar-refractivity contribution in [1.82, 2.24) is 4.90 Å². The Kier molecular flexibility index (Phi) is 8.59. The molecule has 1 saturated carbocycles. The largest absolute Gasteiger partial charge is 0.493 e. The molecule has 0 N–H and O–H groups in total. The summed E-state index contributed by atoms with van der Waals surface area (Å²) in [6.45, 7) is 3.74. The van der Waals surface area contributed by atoms with Gasteiger partial charge in [-0.2, -0.15) is 0 Å². The van der Waals surface area contributed by atoms with Gasteiger partial charge in [-0.15, -0.1) is 0 Å². The minimum Gasteiger partial charge on any atom is -0.493 e. The van der Waals surface area contributed by atoms with Crippen molar-refractivity contribution in [2.24, 2.45) is 0 Å². The third-order valence-electron chi connectivity index (χ3n) is 7.11. The molecule has 196 valence electrons. The first-order valence-corrected chi connectivity index (χ1v) is 13.3. The van der Waals surface area contributed by atoms with E-state index in [1.807, 2.05) is 12.1 Å². The van der Waals surface area contributed by atoms with Crippen molar-refractivity contribution in [2.45, 2.75) is 51.3 Å². The van der Waals surface area contributed by atoms with Crippen molar-refractivity contribution in [2.75, 3.05) is 33.5 Å². The van der Waals surface area contributed by atoms with Gasteiger partial charge in [0.25, 0.3) is 0 Å². The van der Waals surface area contributed by atoms with Crippen molar-refractivity contribution in [3.8, 4) is 17.2 Å². The van der Waals surface area contributed by atoms with Crippen molar-refractivity contribution in [3.63, 3.8) is 0 Å². The number of fused-ring (bicyclic) bond motifs is 3. The summed E-state index contributed by atoms with van der Waals surface area (Å²) in [6.07, 6.45) is 5.48. The predicted octanol–water partition coefficient (Wildman–Crippen LogP) is 6.16. The van der Waals surface area contributed by atoms with E-state index >= 15 is 0 Å². The zero-order valence-electron chi connectivity index (χ0n) is 21.6. The molecule has 1 aliphatic carbocycles. The number of halogens is 1. The summed E-state index contributed by atoms with van der Waals surface area (Å²) in [7, 11) is 1.70. The Bertz CT molecular complexity index is 1180. The normalized spacial score (nSPS) is 17.5. The number of rotatable bonds is 5. The Morgan fingerprint density at radius 3 is 2.65 bits per heavy atom. The standard InChI is InChI=1S/C31H36FNO4/c1-34-30-11-5-8-25(31(30)37-28-9-2-3-10-28)22-33-14-15-35-16-17-36-29-13-12-27(32)20-26(29)19-23-6-4-7-24(18-23)21-33/h4-8,11-13,18,20,28H,2-3,9-10,14-17,19,21-22H2,1H3. The van der Waals surface area contributed by atoms with Crippen LogP contribution in [0.3, 0.4) is 0 Å². The Balaban J connectivity index is 1.39. The summed E-state index contributed by atoms with van der Waals surface area (Å²) in [6, 6.07) is 19.4. The van der Waals surface area contributed by atoms with Gasteiger partial charge in [0.15, 0.2) is 11.5 Å². The zero-order valence-corrected chi connectivity index (χ0v) is 21.6. The Hall–Kier alpha value is -3.09. The van der Waals surface area contributed by atoms with Gasteiger partial charge in [-0.1, -0.05) is 36.4 Å². The molecule has 0 aromatic heterocycles. The summed E-state index contributed by atoms with van der Waals surface area (Å²) in [5.74, 6) is 2.10. The molecule has 6 heteroatoms. The Labute approximate surface area is 219 Å². The predicted molar refractivity (Wildman–Crippen MR) is 142 cm³/mol. The highest BCUT2D eigenvalue weighted by Crippen LogP contribution is 2.36. The lowest BCUT2D eigenvalue weighted by Crippen LogP contribution is -2.28. The maximum absolute atomic E-state index is 14.0. The number of para-hydroxylation sites is 1. The molecule has 3 aromatic carbocycles. The quantitative estimate of drug-likeness (QED) is 0.416. The molecule has 0 amide bonds. The maximum atomic E-state index is 14.0. The van der Waals surface area contributed by atoms with Crippen LogP contribution in [-0.4, -0.2) is 44.5 Å². The highest BCUT2D eigenvalue weighted by atomic mass is 19.1. The third kappa shape index (κ3) is 6.82. The fourth-order valence-electron chi connectivity index (χ4n) is 5.26. The van der Waals surface area contributed by atoms with Crippen LogP contribution in [0.25, 0.3) is 0 Å². The number of methoxy groups -OCH3 is 1. The van der Waals surface area contributed by atoms with Crippen LogP contribution in [0.2, 0.25) is 0 Å². The fraction of sp³-hybridized carbons (Fsp3) is 0.419. The van der Waals surface area contributed by atoms with Gasteiger partial charge in [-0.3, -0.25) is 4.90 Å². The van der Waals surface area contributed by atoms with E-state index in [0.717, 1.165) is 60.7 Å². The first-order valence-electron chi connectivity index (χ1n) is 13.3. The lowest BCUT2D eigenvalue weighted by Gasteiger charge is -2.26. The Morgan fingerprint density at radius 1 is 0.946 bits per heavy atom. The van der Waals surface area contributed by atoms with E-state index in [1.54, 1.807) is 19.2 Å². The van der Waals surface area contributed by atoms with Crippen LogP contribution in [0.4, 0.5) is 4.39 Å². The molecule has 0 unspecified atom stereocenters. The monoisotopic (exact) mass is 505 g/mol. The molecular weight excluding hydrogens is 469 g/mol. The lowest BCUT2D eigenvalue weighted by atomic mass is 10.0. The lowest BCUT2D eigenvalue weighted by molar-refractivity contribution is 0.0752. The molecule has 0 spiro atoms. The fourth-order valence-corrected chi connectivity index (χ4v) is 5.26.